The Hall–Kier alpha value is -1.99. The lowest BCUT2D eigenvalue weighted by molar-refractivity contribution is -0.138. The van der Waals surface area contributed by atoms with Gasteiger partial charge < -0.3 is 10.2 Å². The van der Waals surface area contributed by atoms with Crippen molar-refractivity contribution in [2.24, 2.45) is 0 Å². The van der Waals surface area contributed by atoms with Crippen LogP contribution in [-0.4, -0.2) is 78.4 Å². The van der Waals surface area contributed by atoms with Crippen LogP contribution in [0.1, 0.15) is 39.0 Å². The molecule has 1 heterocycles. The Kier molecular flexibility index (Phi) is 7.61. The van der Waals surface area contributed by atoms with Crippen molar-refractivity contribution < 1.29 is 14.0 Å². The Morgan fingerprint density at radius 1 is 1.17 bits per heavy atom. The number of rotatable bonds is 6. The molecule has 160 valence electrons. The van der Waals surface area contributed by atoms with Gasteiger partial charge >= 0.3 is 0 Å². The van der Waals surface area contributed by atoms with Gasteiger partial charge in [0.25, 0.3) is 0 Å². The molecule has 1 saturated carbocycles. The van der Waals surface area contributed by atoms with E-state index in [9.17, 15) is 14.0 Å². The number of likely N-dealkylation sites (N-methyl/N-ethyl adjacent to an activating group) is 1. The highest BCUT2D eigenvalue weighted by Crippen LogP contribution is 2.23. The molecule has 1 aromatic carbocycles. The van der Waals surface area contributed by atoms with E-state index in [1.807, 2.05) is 18.9 Å². The first-order valence-electron chi connectivity index (χ1n) is 10.7. The van der Waals surface area contributed by atoms with E-state index in [-0.39, 0.29) is 30.2 Å². The number of benzene rings is 1. The van der Waals surface area contributed by atoms with Crippen molar-refractivity contribution in [3.05, 3.63) is 30.1 Å². The van der Waals surface area contributed by atoms with E-state index >= 15 is 0 Å². The van der Waals surface area contributed by atoms with E-state index in [1.54, 1.807) is 12.1 Å². The highest BCUT2D eigenvalue weighted by Gasteiger charge is 2.31. The lowest BCUT2D eigenvalue weighted by atomic mass is 9.94. The van der Waals surface area contributed by atoms with Crippen LogP contribution < -0.4 is 5.32 Å². The van der Waals surface area contributed by atoms with Crippen molar-refractivity contribution in [1.82, 2.24) is 14.7 Å². The minimum Gasteiger partial charge on any atom is -0.341 e. The second-order valence-electron chi connectivity index (χ2n) is 8.29. The molecule has 29 heavy (non-hydrogen) atoms. The number of hydrogen-bond acceptors (Lipinski definition) is 4. The average Bonchev–Trinajstić information content (AvgIpc) is 2.73. The predicted octanol–water partition coefficient (Wildman–Crippen LogP) is 2.56. The van der Waals surface area contributed by atoms with E-state index < -0.39 is 0 Å². The van der Waals surface area contributed by atoms with Gasteiger partial charge in [-0.05, 0) is 38.0 Å². The summed E-state index contributed by atoms with van der Waals surface area (Å²) < 4.78 is 13.2. The molecule has 3 rings (SSSR count). The summed E-state index contributed by atoms with van der Waals surface area (Å²) in [6.07, 6.45) is 5.94. The fourth-order valence-corrected chi connectivity index (χ4v) is 4.38. The van der Waals surface area contributed by atoms with Crippen LogP contribution in [0.25, 0.3) is 0 Å². The SMILES string of the molecule is CC(C(=O)N(C)C1CCCCC1)N1CCN(CC(=O)Nc2cccc(F)c2)CC1. The quantitative estimate of drug-likeness (QED) is 0.792. The summed E-state index contributed by atoms with van der Waals surface area (Å²) in [5, 5.41) is 2.74. The number of nitrogens with one attached hydrogen (secondary N) is 1. The zero-order chi connectivity index (χ0) is 20.8. The van der Waals surface area contributed by atoms with Gasteiger partial charge in [-0.25, -0.2) is 4.39 Å². The third-order valence-electron chi connectivity index (χ3n) is 6.26. The van der Waals surface area contributed by atoms with Gasteiger partial charge in [-0.2, -0.15) is 0 Å². The maximum Gasteiger partial charge on any atom is 0.239 e. The van der Waals surface area contributed by atoms with Gasteiger partial charge in [0.1, 0.15) is 5.82 Å². The van der Waals surface area contributed by atoms with Gasteiger partial charge in [0.05, 0.1) is 12.6 Å². The van der Waals surface area contributed by atoms with E-state index in [0.29, 0.717) is 11.7 Å². The summed E-state index contributed by atoms with van der Waals surface area (Å²) in [6.45, 7) is 5.27. The van der Waals surface area contributed by atoms with Crippen LogP contribution in [0.4, 0.5) is 10.1 Å². The molecular formula is C22H33FN4O2. The molecule has 1 aliphatic heterocycles. The Labute approximate surface area is 173 Å². The molecule has 7 heteroatoms. The van der Waals surface area contributed by atoms with Crippen molar-refractivity contribution in [3.8, 4) is 0 Å². The van der Waals surface area contributed by atoms with Crippen LogP contribution in [0.3, 0.4) is 0 Å². The molecule has 0 aromatic heterocycles. The molecule has 1 saturated heterocycles. The minimum absolute atomic E-state index is 0.134. The first-order valence-corrected chi connectivity index (χ1v) is 10.7. The van der Waals surface area contributed by atoms with E-state index in [2.05, 4.69) is 15.1 Å². The summed E-state index contributed by atoms with van der Waals surface area (Å²) in [6, 6.07) is 6.16. The molecule has 2 fully saturated rings. The minimum atomic E-state index is -0.367. The van der Waals surface area contributed by atoms with E-state index in [4.69, 9.17) is 0 Å². The normalized spacial score (nSPS) is 20.2. The molecule has 1 unspecified atom stereocenters. The number of nitrogens with zero attached hydrogens (tertiary/aromatic N) is 3. The molecule has 0 bridgehead atoms. The molecule has 6 nitrogen and oxygen atoms in total. The van der Waals surface area contributed by atoms with Gasteiger partial charge in [-0.15, -0.1) is 0 Å². The van der Waals surface area contributed by atoms with Gasteiger partial charge in [-0.1, -0.05) is 25.3 Å². The topological polar surface area (TPSA) is 55.9 Å². The van der Waals surface area contributed by atoms with Crippen LogP contribution in [0, 0.1) is 5.82 Å². The third kappa shape index (κ3) is 6.00. The molecule has 2 aliphatic rings. The van der Waals surface area contributed by atoms with Crippen molar-refractivity contribution in [2.75, 3.05) is 45.1 Å². The number of amides is 2. The maximum atomic E-state index is 13.2. The number of hydrogen-bond donors (Lipinski definition) is 1. The fourth-order valence-electron chi connectivity index (χ4n) is 4.38. The number of halogens is 1. The summed E-state index contributed by atoms with van der Waals surface area (Å²) >= 11 is 0. The molecule has 1 aromatic rings. The fraction of sp³-hybridized carbons (Fsp3) is 0.636. The molecule has 1 aliphatic carbocycles. The van der Waals surface area contributed by atoms with Crippen LogP contribution in [0.2, 0.25) is 0 Å². The summed E-state index contributed by atoms with van der Waals surface area (Å²) in [7, 11) is 1.95. The molecule has 0 radical (unpaired) electrons. The van der Waals surface area contributed by atoms with Crippen LogP contribution in [0.15, 0.2) is 24.3 Å². The molecule has 0 spiro atoms. The number of carbonyl (C=O) groups is 2. The summed E-state index contributed by atoms with van der Waals surface area (Å²) in [5.41, 5.74) is 0.471. The van der Waals surface area contributed by atoms with Crippen molar-refractivity contribution >= 4 is 17.5 Å². The zero-order valence-corrected chi connectivity index (χ0v) is 17.6. The second kappa shape index (κ2) is 10.2. The smallest absolute Gasteiger partial charge is 0.239 e. The van der Waals surface area contributed by atoms with Crippen molar-refractivity contribution in [2.45, 2.75) is 51.1 Å². The Morgan fingerprint density at radius 2 is 1.86 bits per heavy atom. The van der Waals surface area contributed by atoms with Gasteiger partial charge in [0.15, 0.2) is 0 Å². The van der Waals surface area contributed by atoms with Gasteiger partial charge in [-0.3, -0.25) is 19.4 Å². The summed E-state index contributed by atoms with van der Waals surface area (Å²) in [4.78, 5) is 31.4. The zero-order valence-electron chi connectivity index (χ0n) is 17.6. The van der Waals surface area contributed by atoms with Crippen molar-refractivity contribution in [1.29, 1.82) is 0 Å². The largest absolute Gasteiger partial charge is 0.341 e. The Morgan fingerprint density at radius 3 is 2.52 bits per heavy atom. The second-order valence-corrected chi connectivity index (χ2v) is 8.29. The van der Waals surface area contributed by atoms with Crippen LogP contribution in [0.5, 0.6) is 0 Å². The molecule has 2 amide bonds. The maximum absolute atomic E-state index is 13.2. The number of anilines is 1. The van der Waals surface area contributed by atoms with Gasteiger partial charge in [0.2, 0.25) is 11.8 Å². The third-order valence-corrected chi connectivity index (χ3v) is 6.26. The number of piperazine rings is 1. The highest BCUT2D eigenvalue weighted by molar-refractivity contribution is 5.92. The average molecular weight is 405 g/mol. The first kappa shape index (κ1) is 21.7. The molecule has 1 N–H and O–H groups in total. The molecular weight excluding hydrogens is 371 g/mol. The van der Waals surface area contributed by atoms with Crippen LogP contribution in [-0.2, 0) is 9.59 Å². The lowest BCUT2D eigenvalue weighted by Crippen LogP contribution is -2.56. The Bertz CT molecular complexity index is 700. The lowest BCUT2D eigenvalue weighted by Gasteiger charge is -2.40. The van der Waals surface area contributed by atoms with Crippen LogP contribution >= 0.6 is 0 Å². The van der Waals surface area contributed by atoms with Gasteiger partial charge in [0, 0.05) is 45.0 Å². The van der Waals surface area contributed by atoms with E-state index in [1.165, 1.54) is 31.4 Å². The first-order chi connectivity index (χ1) is 13.9. The summed E-state index contributed by atoms with van der Waals surface area (Å²) in [5.74, 6) is -0.312. The molecule has 1 atom stereocenters. The number of carbonyl (C=O) groups excluding carboxylic acids is 2. The van der Waals surface area contributed by atoms with E-state index in [0.717, 1.165) is 39.0 Å². The monoisotopic (exact) mass is 404 g/mol. The van der Waals surface area contributed by atoms with Crippen molar-refractivity contribution in [3.63, 3.8) is 0 Å². The Balaban J connectivity index is 1.43. The highest BCUT2D eigenvalue weighted by atomic mass is 19.1. The predicted molar refractivity (Wildman–Crippen MR) is 112 cm³/mol. The standard InChI is InChI=1S/C22H33FN4O2/c1-17(22(29)25(2)20-9-4-3-5-10-20)27-13-11-26(12-14-27)16-21(28)24-19-8-6-7-18(23)15-19/h6-8,15,17,20H,3-5,9-14,16H2,1-2H3,(H,24,28).